The fraction of sp³-hybridized carbons (Fsp3) is 0.412. The SMILES string of the molecule is Clc1cccc(-n2cccc2CNCCN2CCCC2)c1Cl. The number of aromatic nitrogens is 1. The van der Waals surface area contributed by atoms with Crippen LogP contribution in [-0.2, 0) is 6.54 Å². The summed E-state index contributed by atoms with van der Waals surface area (Å²) in [4.78, 5) is 2.51. The number of hydrogen-bond acceptors (Lipinski definition) is 2. The molecule has 0 spiro atoms. The van der Waals surface area contributed by atoms with Crippen molar-refractivity contribution in [2.45, 2.75) is 19.4 Å². The standard InChI is InChI=1S/C17H21Cl2N3/c18-15-6-3-7-16(17(15)19)22-11-4-5-14(22)13-20-8-12-21-9-1-2-10-21/h3-7,11,20H,1-2,8-10,12-13H2. The molecule has 2 aromatic rings. The zero-order chi connectivity index (χ0) is 15.4. The van der Waals surface area contributed by atoms with Crippen molar-refractivity contribution in [3.05, 3.63) is 52.3 Å². The predicted molar refractivity (Wildman–Crippen MR) is 93.2 cm³/mol. The van der Waals surface area contributed by atoms with E-state index >= 15 is 0 Å². The molecule has 5 heteroatoms. The predicted octanol–water partition coefficient (Wildman–Crippen LogP) is 3.97. The van der Waals surface area contributed by atoms with Gasteiger partial charge in [0.1, 0.15) is 0 Å². The molecule has 1 aliphatic rings. The summed E-state index contributed by atoms with van der Waals surface area (Å²) in [5, 5.41) is 4.70. The third-order valence-corrected chi connectivity index (χ3v) is 4.94. The molecule has 1 N–H and O–H groups in total. The van der Waals surface area contributed by atoms with Gasteiger partial charge in [0.15, 0.2) is 0 Å². The van der Waals surface area contributed by atoms with Crippen molar-refractivity contribution >= 4 is 23.2 Å². The summed E-state index contributed by atoms with van der Waals surface area (Å²) in [6, 6.07) is 9.87. The Morgan fingerprint density at radius 2 is 1.86 bits per heavy atom. The lowest BCUT2D eigenvalue weighted by Gasteiger charge is -2.16. The van der Waals surface area contributed by atoms with Crippen LogP contribution in [0.4, 0.5) is 0 Å². The summed E-state index contributed by atoms with van der Waals surface area (Å²) in [6.07, 6.45) is 4.71. The molecule has 0 atom stereocenters. The third-order valence-electron chi connectivity index (χ3n) is 4.13. The van der Waals surface area contributed by atoms with E-state index in [4.69, 9.17) is 23.2 Å². The maximum Gasteiger partial charge on any atom is 0.0832 e. The topological polar surface area (TPSA) is 20.2 Å². The van der Waals surface area contributed by atoms with E-state index in [0.29, 0.717) is 10.0 Å². The molecule has 1 fully saturated rings. The average Bonchev–Trinajstić information content (AvgIpc) is 3.18. The van der Waals surface area contributed by atoms with Gasteiger partial charge >= 0.3 is 0 Å². The van der Waals surface area contributed by atoms with Crippen LogP contribution in [0.3, 0.4) is 0 Å². The zero-order valence-electron chi connectivity index (χ0n) is 12.6. The Balaban J connectivity index is 1.61. The minimum atomic E-state index is 0.584. The van der Waals surface area contributed by atoms with Gasteiger partial charge in [-0.25, -0.2) is 0 Å². The van der Waals surface area contributed by atoms with Crippen molar-refractivity contribution in [1.82, 2.24) is 14.8 Å². The van der Waals surface area contributed by atoms with Gasteiger partial charge in [0.2, 0.25) is 0 Å². The molecule has 3 rings (SSSR count). The summed E-state index contributed by atoms with van der Waals surface area (Å²) in [6.45, 7) is 5.45. The lowest BCUT2D eigenvalue weighted by atomic mass is 10.3. The van der Waals surface area contributed by atoms with E-state index in [2.05, 4.69) is 20.9 Å². The first-order valence-electron chi connectivity index (χ1n) is 7.79. The van der Waals surface area contributed by atoms with Gasteiger partial charge in [-0.05, 0) is 50.2 Å². The van der Waals surface area contributed by atoms with E-state index < -0.39 is 0 Å². The Labute approximate surface area is 141 Å². The van der Waals surface area contributed by atoms with Gasteiger partial charge in [-0.1, -0.05) is 29.3 Å². The van der Waals surface area contributed by atoms with Crippen LogP contribution in [0, 0.1) is 0 Å². The largest absolute Gasteiger partial charge is 0.318 e. The third kappa shape index (κ3) is 3.66. The summed E-state index contributed by atoms with van der Waals surface area (Å²) in [5.41, 5.74) is 2.11. The lowest BCUT2D eigenvalue weighted by molar-refractivity contribution is 0.335. The number of nitrogens with zero attached hydrogens (tertiary/aromatic N) is 2. The number of likely N-dealkylation sites (tertiary alicyclic amines) is 1. The van der Waals surface area contributed by atoms with Crippen molar-refractivity contribution in [2.75, 3.05) is 26.2 Å². The number of benzene rings is 1. The second-order valence-electron chi connectivity index (χ2n) is 5.67. The van der Waals surface area contributed by atoms with E-state index in [1.54, 1.807) is 0 Å². The van der Waals surface area contributed by atoms with E-state index in [-0.39, 0.29) is 0 Å². The summed E-state index contributed by atoms with van der Waals surface area (Å²) >= 11 is 12.4. The summed E-state index contributed by atoms with van der Waals surface area (Å²) in [5.74, 6) is 0. The quantitative estimate of drug-likeness (QED) is 0.805. The highest BCUT2D eigenvalue weighted by Crippen LogP contribution is 2.29. The molecule has 2 heterocycles. The van der Waals surface area contributed by atoms with Crippen LogP contribution in [0.5, 0.6) is 0 Å². The van der Waals surface area contributed by atoms with Crippen molar-refractivity contribution in [3.63, 3.8) is 0 Å². The Morgan fingerprint density at radius 3 is 2.68 bits per heavy atom. The van der Waals surface area contributed by atoms with Gasteiger partial charge in [-0.15, -0.1) is 0 Å². The van der Waals surface area contributed by atoms with Gasteiger partial charge in [0.25, 0.3) is 0 Å². The molecule has 1 aromatic heterocycles. The normalized spacial score (nSPS) is 15.5. The smallest absolute Gasteiger partial charge is 0.0832 e. The average molecular weight is 338 g/mol. The zero-order valence-corrected chi connectivity index (χ0v) is 14.1. The second kappa shape index (κ2) is 7.51. The molecule has 0 bridgehead atoms. The van der Waals surface area contributed by atoms with Crippen molar-refractivity contribution in [1.29, 1.82) is 0 Å². The molecule has 1 saturated heterocycles. The number of nitrogens with one attached hydrogen (secondary N) is 1. The van der Waals surface area contributed by atoms with Crippen LogP contribution < -0.4 is 5.32 Å². The molecular weight excluding hydrogens is 317 g/mol. The first-order chi connectivity index (χ1) is 10.8. The van der Waals surface area contributed by atoms with Gasteiger partial charge < -0.3 is 14.8 Å². The summed E-state index contributed by atoms with van der Waals surface area (Å²) in [7, 11) is 0. The molecule has 0 saturated carbocycles. The van der Waals surface area contributed by atoms with Crippen LogP contribution in [0.15, 0.2) is 36.5 Å². The lowest BCUT2D eigenvalue weighted by Crippen LogP contribution is -2.30. The molecule has 0 radical (unpaired) electrons. The second-order valence-corrected chi connectivity index (χ2v) is 6.45. The summed E-state index contributed by atoms with van der Waals surface area (Å²) < 4.78 is 2.09. The Kier molecular flexibility index (Phi) is 5.42. The van der Waals surface area contributed by atoms with Crippen LogP contribution >= 0.6 is 23.2 Å². The van der Waals surface area contributed by atoms with E-state index in [9.17, 15) is 0 Å². The Morgan fingerprint density at radius 1 is 1.05 bits per heavy atom. The minimum Gasteiger partial charge on any atom is -0.318 e. The van der Waals surface area contributed by atoms with E-state index in [1.165, 1.54) is 31.6 Å². The van der Waals surface area contributed by atoms with Gasteiger partial charge in [-0.3, -0.25) is 0 Å². The van der Waals surface area contributed by atoms with Crippen molar-refractivity contribution in [2.24, 2.45) is 0 Å². The fourth-order valence-electron chi connectivity index (χ4n) is 2.93. The van der Waals surface area contributed by atoms with E-state index in [0.717, 1.165) is 25.3 Å². The van der Waals surface area contributed by atoms with Crippen LogP contribution in [0.1, 0.15) is 18.5 Å². The fourth-order valence-corrected chi connectivity index (χ4v) is 3.32. The van der Waals surface area contributed by atoms with Crippen molar-refractivity contribution < 1.29 is 0 Å². The minimum absolute atomic E-state index is 0.584. The van der Waals surface area contributed by atoms with Crippen LogP contribution in [0.25, 0.3) is 5.69 Å². The monoisotopic (exact) mass is 337 g/mol. The Hall–Kier alpha value is -1.00. The molecule has 1 aliphatic heterocycles. The highest BCUT2D eigenvalue weighted by molar-refractivity contribution is 6.43. The maximum absolute atomic E-state index is 6.32. The molecule has 1 aromatic carbocycles. The van der Waals surface area contributed by atoms with Gasteiger partial charge in [-0.2, -0.15) is 0 Å². The highest BCUT2D eigenvalue weighted by Gasteiger charge is 2.11. The maximum atomic E-state index is 6.32. The molecule has 22 heavy (non-hydrogen) atoms. The molecule has 0 amide bonds. The van der Waals surface area contributed by atoms with Crippen LogP contribution in [-0.4, -0.2) is 35.6 Å². The first-order valence-corrected chi connectivity index (χ1v) is 8.55. The van der Waals surface area contributed by atoms with Gasteiger partial charge in [0.05, 0.1) is 15.7 Å². The Bertz CT molecular complexity index is 618. The van der Waals surface area contributed by atoms with Crippen LogP contribution in [0.2, 0.25) is 10.0 Å². The molecule has 118 valence electrons. The van der Waals surface area contributed by atoms with Crippen molar-refractivity contribution in [3.8, 4) is 5.69 Å². The highest BCUT2D eigenvalue weighted by atomic mass is 35.5. The van der Waals surface area contributed by atoms with E-state index in [1.807, 2.05) is 30.5 Å². The number of halogens is 2. The molecule has 0 aliphatic carbocycles. The molecule has 3 nitrogen and oxygen atoms in total. The molecular formula is C17H21Cl2N3. The number of rotatable bonds is 6. The van der Waals surface area contributed by atoms with Gasteiger partial charge in [0, 0.05) is 31.5 Å². The number of hydrogen-bond donors (Lipinski definition) is 1. The first kappa shape index (κ1) is 15.9. The molecule has 0 unspecified atom stereocenters.